The molecule has 0 aromatic carbocycles. The molecule has 1 aliphatic carbocycles. The highest BCUT2D eigenvalue weighted by Gasteiger charge is 2.47. The van der Waals surface area contributed by atoms with Crippen LogP contribution < -0.4 is 0 Å². The fourth-order valence-corrected chi connectivity index (χ4v) is 4.56. The lowest BCUT2D eigenvalue weighted by Crippen LogP contribution is -2.43. The predicted octanol–water partition coefficient (Wildman–Crippen LogP) is 3.93. The highest BCUT2D eigenvalue weighted by Crippen LogP contribution is 2.47. The summed E-state index contributed by atoms with van der Waals surface area (Å²) in [4.78, 5) is 25.7. The Kier molecular flexibility index (Phi) is 5.60. The van der Waals surface area contributed by atoms with Gasteiger partial charge in [-0.2, -0.15) is 0 Å². The molecule has 4 atom stereocenters. The summed E-state index contributed by atoms with van der Waals surface area (Å²) >= 11 is 0. The molecule has 3 heteroatoms. The topological polar surface area (TPSA) is 37.4 Å². The molecule has 1 unspecified atom stereocenters. The fourth-order valence-electron chi connectivity index (χ4n) is 4.56. The van der Waals surface area contributed by atoms with Crippen LogP contribution in [0.1, 0.15) is 65.7 Å². The Morgan fingerprint density at radius 3 is 1.95 bits per heavy atom. The van der Waals surface area contributed by atoms with Gasteiger partial charge in [0.15, 0.2) is 0 Å². The maximum atomic E-state index is 12.1. The van der Waals surface area contributed by atoms with Gasteiger partial charge in [0.1, 0.15) is 0 Å². The summed E-state index contributed by atoms with van der Waals surface area (Å²) in [6.07, 6.45) is 11.0. The maximum Gasteiger partial charge on any atom is 0.253 e. The summed E-state index contributed by atoms with van der Waals surface area (Å²) in [6, 6.07) is 0.132. The Balaban J connectivity index is 2.22. The highest BCUT2D eigenvalue weighted by molar-refractivity contribution is 6.13. The van der Waals surface area contributed by atoms with Gasteiger partial charge in [-0.05, 0) is 30.6 Å². The molecular formula is C18H29NO2. The Hall–Kier alpha value is -1.12. The van der Waals surface area contributed by atoms with Crippen LogP contribution in [0.25, 0.3) is 0 Å². The van der Waals surface area contributed by atoms with Crippen LogP contribution in [0.15, 0.2) is 12.2 Å². The maximum absolute atomic E-state index is 12.1. The molecule has 0 spiro atoms. The van der Waals surface area contributed by atoms with Crippen LogP contribution in [-0.2, 0) is 9.59 Å². The molecule has 1 fully saturated rings. The lowest BCUT2D eigenvalue weighted by atomic mass is 9.81. The van der Waals surface area contributed by atoms with Crippen molar-refractivity contribution < 1.29 is 9.59 Å². The molecule has 21 heavy (non-hydrogen) atoms. The standard InChI is InChI=1S/C18H29NO2/c1-4-7-13-12-16(19-17(20)10-11-18(19)21)15(9-6-3)14(13)8-5-2/h10-11,13-16H,4-9,12H2,1-3H3/t13?,14-,15+,16-/m0/s1. The number of carbonyl (C=O) groups is 2. The minimum absolute atomic E-state index is 0.0986. The van der Waals surface area contributed by atoms with Crippen LogP contribution in [0.3, 0.4) is 0 Å². The first kappa shape index (κ1) is 16.3. The Bertz CT molecular complexity index is 397. The van der Waals surface area contributed by atoms with Crippen molar-refractivity contribution in [2.45, 2.75) is 71.8 Å². The van der Waals surface area contributed by atoms with Gasteiger partial charge in [0.2, 0.25) is 0 Å². The zero-order chi connectivity index (χ0) is 15.4. The van der Waals surface area contributed by atoms with Crippen molar-refractivity contribution in [3.8, 4) is 0 Å². The van der Waals surface area contributed by atoms with Crippen LogP contribution in [0.4, 0.5) is 0 Å². The molecule has 3 nitrogen and oxygen atoms in total. The van der Waals surface area contributed by atoms with Crippen LogP contribution >= 0.6 is 0 Å². The first-order chi connectivity index (χ1) is 10.1. The molecular weight excluding hydrogens is 262 g/mol. The first-order valence-electron chi connectivity index (χ1n) is 8.69. The van der Waals surface area contributed by atoms with Crippen LogP contribution in [0.2, 0.25) is 0 Å². The van der Waals surface area contributed by atoms with Crippen molar-refractivity contribution >= 4 is 11.8 Å². The number of amides is 2. The van der Waals surface area contributed by atoms with Crippen molar-refractivity contribution in [2.75, 3.05) is 0 Å². The van der Waals surface area contributed by atoms with Gasteiger partial charge in [0.05, 0.1) is 0 Å². The minimum atomic E-state index is -0.0986. The molecule has 0 saturated heterocycles. The van der Waals surface area contributed by atoms with Crippen molar-refractivity contribution in [1.82, 2.24) is 4.90 Å². The number of carbonyl (C=O) groups excluding carboxylic acids is 2. The lowest BCUT2D eigenvalue weighted by Gasteiger charge is -2.30. The average molecular weight is 291 g/mol. The summed E-state index contributed by atoms with van der Waals surface area (Å²) in [5.41, 5.74) is 0. The second-order valence-corrected chi connectivity index (χ2v) is 6.64. The minimum Gasteiger partial charge on any atom is -0.272 e. The molecule has 0 bridgehead atoms. The van der Waals surface area contributed by atoms with Gasteiger partial charge in [-0.15, -0.1) is 0 Å². The van der Waals surface area contributed by atoms with Gasteiger partial charge in [-0.3, -0.25) is 14.5 Å². The van der Waals surface area contributed by atoms with Crippen molar-refractivity contribution in [2.24, 2.45) is 17.8 Å². The van der Waals surface area contributed by atoms with E-state index in [4.69, 9.17) is 0 Å². The Labute approximate surface area is 128 Å². The Morgan fingerprint density at radius 1 is 0.905 bits per heavy atom. The third-order valence-corrected chi connectivity index (χ3v) is 5.27. The lowest BCUT2D eigenvalue weighted by molar-refractivity contribution is -0.140. The van der Waals surface area contributed by atoms with Crippen LogP contribution in [0, 0.1) is 17.8 Å². The average Bonchev–Trinajstić information content (AvgIpc) is 2.94. The van der Waals surface area contributed by atoms with E-state index in [1.165, 1.54) is 37.8 Å². The van der Waals surface area contributed by atoms with Crippen LogP contribution in [0.5, 0.6) is 0 Å². The quantitative estimate of drug-likeness (QED) is 0.666. The summed E-state index contributed by atoms with van der Waals surface area (Å²) in [6.45, 7) is 6.69. The van der Waals surface area contributed by atoms with E-state index in [1.807, 2.05) is 0 Å². The molecule has 1 heterocycles. The molecule has 0 aromatic heterocycles. The van der Waals surface area contributed by atoms with Gasteiger partial charge in [-0.25, -0.2) is 0 Å². The molecule has 0 N–H and O–H groups in total. The molecule has 1 saturated carbocycles. The fraction of sp³-hybridized carbons (Fsp3) is 0.778. The molecule has 118 valence electrons. The largest absolute Gasteiger partial charge is 0.272 e. The van der Waals surface area contributed by atoms with Gasteiger partial charge >= 0.3 is 0 Å². The van der Waals surface area contributed by atoms with E-state index in [-0.39, 0.29) is 17.9 Å². The summed E-state index contributed by atoms with van der Waals surface area (Å²) < 4.78 is 0. The van der Waals surface area contributed by atoms with E-state index in [0.29, 0.717) is 17.8 Å². The molecule has 2 aliphatic rings. The number of hydrogen-bond donors (Lipinski definition) is 0. The molecule has 2 amide bonds. The number of imide groups is 1. The van der Waals surface area contributed by atoms with Gasteiger partial charge < -0.3 is 0 Å². The van der Waals surface area contributed by atoms with Crippen molar-refractivity contribution in [3.63, 3.8) is 0 Å². The summed E-state index contributed by atoms with van der Waals surface area (Å²) in [5.74, 6) is 1.66. The smallest absolute Gasteiger partial charge is 0.253 e. The Morgan fingerprint density at radius 2 is 1.43 bits per heavy atom. The number of rotatable bonds is 7. The second-order valence-electron chi connectivity index (χ2n) is 6.64. The van der Waals surface area contributed by atoms with E-state index in [0.717, 1.165) is 19.3 Å². The summed E-state index contributed by atoms with van der Waals surface area (Å²) in [7, 11) is 0. The van der Waals surface area contributed by atoms with E-state index in [1.54, 1.807) is 4.90 Å². The van der Waals surface area contributed by atoms with Gasteiger partial charge in [0, 0.05) is 18.2 Å². The monoisotopic (exact) mass is 291 g/mol. The third-order valence-electron chi connectivity index (χ3n) is 5.27. The van der Waals surface area contributed by atoms with E-state index >= 15 is 0 Å². The van der Waals surface area contributed by atoms with Gasteiger partial charge in [0.25, 0.3) is 11.8 Å². The van der Waals surface area contributed by atoms with Crippen molar-refractivity contribution in [3.05, 3.63) is 12.2 Å². The normalized spacial score (nSPS) is 32.4. The van der Waals surface area contributed by atoms with E-state index < -0.39 is 0 Å². The zero-order valence-electron chi connectivity index (χ0n) is 13.7. The van der Waals surface area contributed by atoms with E-state index in [9.17, 15) is 9.59 Å². The molecule has 0 radical (unpaired) electrons. The SMILES string of the molecule is CCCC1C[C@H](N2C(=O)C=CC2=O)[C@H](CCC)[C@H]1CCC. The number of hydrogen-bond acceptors (Lipinski definition) is 2. The predicted molar refractivity (Wildman–Crippen MR) is 84.6 cm³/mol. The van der Waals surface area contributed by atoms with Crippen molar-refractivity contribution in [1.29, 1.82) is 0 Å². The van der Waals surface area contributed by atoms with Gasteiger partial charge in [-0.1, -0.05) is 52.9 Å². The molecule has 1 aliphatic heterocycles. The molecule has 0 aromatic rings. The zero-order valence-corrected chi connectivity index (χ0v) is 13.7. The van der Waals surface area contributed by atoms with E-state index in [2.05, 4.69) is 20.8 Å². The first-order valence-corrected chi connectivity index (χ1v) is 8.69. The summed E-state index contributed by atoms with van der Waals surface area (Å²) in [5, 5.41) is 0. The highest BCUT2D eigenvalue weighted by atomic mass is 16.2. The van der Waals surface area contributed by atoms with Crippen LogP contribution in [-0.4, -0.2) is 22.8 Å². The third kappa shape index (κ3) is 3.22. The molecule has 2 rings (SSSR count). The number of nitrogens with zero attached hydrogens (tertiary/aromatic N) is 1. The second kappa shape index (κ2) is 7.24.